The monoisotopic (exact) mass is 240 g/mol. The van der Waals surface area contributed by atoms with Crippen LogP contribution in [0.5, 0.6) is 11.6 Å². The predicted molar refractivity (Wildman–Crippen MR) is 75.0 cm³/mol. The summed E-state index contributed by atoms with van der Waals surface area (Å²) in [6.45, 7) is 1.98. The summed E-state index contributed by atoms with van der Waals surface area (Å²) in [5.41, 5.74) is 1.04. The highest BCUT2D eigenvalue weighted by molar-refractivity contribution is 5.57. The Morgan fingerprint density at radius 2 is 1.94 bits per heavy atom. The smallest absolute Gasteiger partial charge is 0.221 e. The minimum Gasteiger partial charge on any atom is -0.438 e. The largest absolute Gasteiger partial charge is 0.438 e. The Hall–Kier alpha value is -2.29. The van der Waals surface area contributed by atoms with Crippen LogP contribution in [-0.2, 0) is 0 Å². The summed E-state index contributed by atoms with van der Waals surface area (Å²) >= 11 is 0. The van der Waals surface area contributed by atoms with Gasteiger partial charge in [-0.3, -0.25) is 0 Å². The molecule has 0 aliphatic heterocycles. The van der Waals surface area contributed by atoms with Crippen molar-refractivity contribution >= 4 is 11.9 Å². The molecule has 0 saturated carbocycles. The molecule has 0 radical (unpaired) electrons. The van der Waals surface area contributed by atoms with Crippen LogP contribution in [0.4, 0.5) is 5.82 Å². The molecule has 0 aliphatic rings. The Balaban J connectivity index is 2.27. The summed E-state index contributed by atoms with van der Waals surface area (Å²) in [7, 11) is 1.83. The average Bonchev–Trinajstić information content (AvgIpc) is 2.41. The number of hydrogen-bond acceptors (Lipinski definition) is 3. The fraction of sp³-hybridized carbons (Fsp3) is 0.133. The molecule has 0 amide bonds. The second-order valence-electron chi connectivity index (χ2n) is 3.75. The van der Waals surface area contributed by atoms with Gasteiger partial charge < -0.3 is 10.1 Å². The van der Waals surface area contributed by atoms with Crippen LogP contribution < -0.4 is 10.1 Å². The molecule has 0 bridgehead atoms. The molecule has 3 nitrogen and oxygen atoms in total. The summed E-state index contributed by atoms with van der Waals surface area (Å²) in [5, 5.41) is 2.99. The van der Waals surface area contributed by atoms with Crippen LogP contribution in [0.1, 0.15) is 12.5 Å². The molecular weight excluding hydrogens is 224 g/mol. The summed E-state index contributed by atoms with van der Waals surface area (Å²) in [5.74, 6) is 2.17. The highest BCUT2D eigenvalue weighted by atomic mass is 16.5. The van der Waals surface area contributed by atoms with Crippen LogP contribution >= 0.6 is 0 Å². The number of para-hydroxylation sites is 1. The van der Waals surface area contributed by atoms with Crippen molar-refractivity contribution in [3.8, 4) is 11.6 Å². The lowest BCUT2D eigenvalue weighted by molar-refractivity contribution is 0.462. The van der Waals surface area contributed by atoms with Crippen molar-refractivity contribution in [2.24, 2.45) is 0 Å². The number of pyridine rings is 1. The van der Waals surface area contributed by atoms with Gasteiger partial charge in [0.15, 0.2) is 0 Å². The quantitative estimate of drug-likeness (QED) is 0.878. The van der Waals surface area contributed by atoms with Crippen LogP contribution in [0.25, 0.3) is 6.08 Å². The van der Waals surface area contributed by atoms with Gasteiger partial charge in [-0.15, -0.1) is 0 Å². The maximum absolute atomic E-state index is 5.80. The number of ether oxygens (including phenoxy) is 1. The van der Waals surface area contributed by atoms with E-state index in [9.17, 15) is 0 Å². The third kappa shape index (κ3) is 2.88. The third-order valence-corrected chi connectivity index (χ3v) is 2.46. The molecule has 0 fully saturated rings. The fourth-order valence-corrected chi connectivity index (χ4v) is 1.61. The van der Waals surface area contributed by atoms with Gasteiger partial charge in [-0.05, 0) is 19.1 Å². The number of nitrogens with zero attached hydrogens (tertiary/aromatic N) is 1. The van der Waals surface area contributed by atoms with Gasteiger partial charge in [-0.25, -0.2) is 0 Å². The summed E-state index contributed by atoms with van der Waals surface area (Å²) in [6, 6.07) is 13.5. The second kappa shape index (κ2) is 5.87. The van der Waals surface area contributed by atoms with Crippen molar-refractivity contribution in [1.82, 2.24) is 4.98 Å². The standard InChI is InChI=1S/C15H16N2O/c1-3-7-12-8-4-5-9-13(12)18-15-11-6-10-14(16-2)17-15/h3-11H,1-2H3,(H,16,17)/b7-3+. The lowest BCUT2D eigenvalue weighted by Gasteiger charge is -2.08. The molecule has 0 unspecified atom stereocenters. The third-order valence-electron chi connectivity index (χ3n) is 2.46. The Morgan fingerprint density at radius 3 is 2.72 bits per heavy atom. The van der Waals surface area contributed by atoms with E-state index in [4.69, 9.17) is 4.74 Å². The van der Waals surface area contributed by atoms with E-state index in [2.05, 4.69) is 10.3 Å². The molecule has 0 aliphatic carbocycles. The molecule has 1 aromatic heterocycles. The zero-order chi connectivity index (χ0) is 12.8. The van der Waals surface area contributed by atoms with Crippen molar-refractivity contribution in [2.75, 3.05) is 12.4 Å². The van der Waals surface area contributed by atoms with E-state index < -0.39 is 0 Å². The topological polar surface area (TPSA) is 34.1 Å². The lowest BCUT2D eigenvalue weighted by Crippen LogP contribution is -1.94. The first-order valence-electron chi connectivity index (χ1n) is 5.88. The summed E-state index contributed by atoms with van der Waals surface area (Å²) in [6.07, 6.45) is 4.00. The van der Waals surface area contributed by atoms with E-state index in [1.165, 1.54) is 0 Å². The van der Waals surface area contributed by atoms with E-state index in [-0.39, 0.29) is 0 Å². The molecule has 3 heteroatoms. The average molecular weight is 240 g/mol. The highest BCUT2D eigenvalue weighted by Gasteiger charge is 2.03. The van der Waals surface area contributed by atoms with Gasteiger partial charge in [0.05, 0.1) is 0 Å². The zero-order valence-corrected chi connectivity index (χ0v) is 10.6. The van der Waals surface area contributed by atoms with Crippen LogP contribution in [0, 0.1) is 0 Å². The fourth-order valence-electron chi connectivity index (χ4n) is 1.61. The molecule has 0 saturated heterocycles. The maximum atomic E-state index is 5.80. The van der Waals surface area contributed by atoms with Crippen molar-refractivity contribution in [2.45, 2.75) is 6.92 Å². The van der Waals surface area contributed by atoms with Gasteiger partial charge in [-0.1, -0.05) is 36.4 Å². The molecule has 92 valence electrons. The van der Waals surface area contributed by atoms with Crippen LogP contribution in [0.3, 0.4) is 0 Å². The number of anilines is 1. The summed E-state index contributed by atoms with van der Waals surface area (Å²) < 4.78 is 5.80. The number of hydrogen-bond donors (Lipinski definition) is 1. The van der Waals surface area contributed by atoms with E-state index in [0.717, 1.165) is 17.1 Å². The molecule has 1 N–H and O–H groups in total. The van der Waals surface area contributed by atoms with Crippen LogP contribution in [-0.4, -0.2) is 12.0 Å². The van der Waals surface area contributed by atoms with E-state index in [0.29, 0.717) is 5.88 Å². The minimum absolute atomic E-state index is 0.582. The van der Waals surface area contributed by atoms with Gasteiger partial charge in [0.1, 0.15) is 11.6 Å². The molecule has 0 spiro atoms. The minimum atomic E-state index is 0.582. The Morgan fingerprint density at radius 1 is 1.11 bits per heavy atom. The van der Waals surface area contributed by atoms with Gasteiger partial charge in [0, 0.05) is 18.7 Å². The molecule has 2 rings (SSSR count). The molecule has 18 heavy (non-hydrogen) atoms. The van der Waals surface area contributed by atoms with Gasteiger partial charge in [0.25, 0.3) is 0 Å². The Labute approximate surface area is 107 Å². The van der Waals surface area contributed by atoms with Crippen molar-refractivity contribution in [3.05, 3.63) is 54.1 Å². The number of aromatic nitrogens is 1. The van der Waals surface area contributed by atoms with Crippen molar-refractivity contribution < 1.29 is 4.74 Å². The number of rotatable bonds is 4. The maximum Gasteiger partial charge on any atom is 0.221 e. The van der Waals surface area contributed by atoms with Crippen molar-refractivity contribution in [3.63, 3.8) is 0 Å². The van der Waals surface area contributed by atoms with Crippen LogP contribution in [0.2, 0.25) is 0 Å². The second-order valence-corrected chi connectivity index (χ2v) is 3.75. The van der Waals surface area contributed by atoms with Gasteiger partial charge in [-0.2, -0.15) is 4.98 Å². The first kappa shape index (κ1) is 12.2. The van der Waals surface area contributed by atoms with Gasteiger partial charge in [0.2, 0.25) is 5.88 Å². The van der Waals surface area contributed by atoms with Crippen molar-refractivity contribution in [1.29, 1.82) is 0 Å². The molecular formula is C15H16N2O. The SMILES string of the molecule is C/C=C/c1ccccc1Oc1cccc(NC)n1. The first-order valence-corrected chi connectivity index (χ1v) is 5.88. The first-order chi connectivity index (χ1) is 8.83. The van der Waals surface area contributed by atoms with E-state index >= 15 is 0 Å². The summed E-state index contributed by atoms with van der Waals surface area (Å²) in [4.78, 5) is 4.33. The Kier molecular flexibility index (Phi) is 3.97. The number of nitrogens with one attached hydrogen (secondary N) is 1. The molecule has 0 atom stereocenters. The molecule has 2 aromatic rings. The molecule has 1 heterocycles. The lowest BCUT2D eigenvalue weighted by atomic mass is 10.2. The highest BCUT2D eigenvalue weighted by Crippen LogP contribution is 2.25. The number of allylic oxidation sites excluding steroid dienone is 1. The van der Waals surface area contributed by atoms with E-state index in [1.54, 1.807) is 0 Å². The predicted octanol–water partition coefficient (Wildman–Crippen LogP) is 3.95. The normalized spacial score (nSPS) is 10.6. The van der Waals surface area contributed by atoms with E-state index in [1.807, 2.05) is 68.6 Å². The van der Waals surface area contributed by atoms with Gasteiger partial charge >= 0.3 is 0 Å². The zero-order valence-electron chi connectivity index (χ0n) is 10.6. The number of benzene rings is 1. The molecule has 1 aromatic carbocycles. The van der Waals surface area contributed by atoms with Crippen LogP contribution in [0.15, 0.2) is 48.5 Å². The Bertz CT molecular complexity index is 550.